The molecule has 0 radical (unpaired) electrons. The number of piperidine rings is 1. The predicted molar refractivity (Wildman–Crippen MR) is 72.1 cm³/mol. The molecule has 106 valence electrons. The van der Waals surface area contributed by atoms with Crippen LogP contribution in [0, 0.1) is 5.82 Å². The normalized spacial score (nSPS) is 21.6. The van der Waals surface area contributed by atoms with Gasteiger partial charge in [0, 0.05) is 6.54 Å². The lowest BCUT2D eigenvalue weighted by Gasteiger charge is -2.32. The molecule has 0 aliphatic carbocycles. The maximum atomic E-state index is 13.6. The topological polar surface area (TPSA) is 63.4 Å². The molecule has 1 unspecified atom stereocenters. The van der Waals surface area contributed by atoms with Crippen molar-refractivity contribution in [2.75, 3.05) is 6.54 Å². The highest BCUT2D eigenvalue weighted by Gasteiger charge is 2.33. The maximum absolute atomic E-state index is 13.6. The molecule has 2 N–H and O–H groups in total. The molecule has 8 heteroatoms. The van der Waals surface area contributed by atoms with Crippen molar-refractivity contribution >= 4 is 33.2 Å². The van der Waals surface area contributed by atoms with Crippen LogP contribution in [0.3, 0.4) is 0 Å². The van der Waals surface area contributed by atoms with Crippen molar-refractivity contribution in [1.82, 2.24) is 4.31 Å². The van der Waals surface area contributed by atoms with Crippen LogP contribution >= 0.6 is 23.2 Å². The third-order valence-electron chi connectivity index (χ3n) is 3.08. The first-order chi connectivity index (χ1) is 8.85. The minimum Gasteiger partial charge on any atom is -0.315 e. The van der Waals surface area contributed by atoms with Crippen molar-refractivity contribution in [3.8, 4) is 0 Å². The second-order valence-corrected chi connectivity index (χ2v) is 7.00. The Morgan fingerprint density at radius 3 is 2.63 bits per heavy atom. The van der Waals surface area contributed by atoms with E-state index in [4.69, 9.17) is 28.9 Å². The molecule has 1 heterocycles. The van der Waals surface area contributed by atoms with E-state index in [0.29, 0.717) is 13.0 Å². The average molecular weight is 327 g/mol. The van der Waals surface area contributed by atoms with Crippen LogP contribution < -0.4 is 5.73 Å². The highest BCUT2D eigenvalue weighted by atomic mass is 35.5. The van der Waals surface area contributed by atoms with E-state index < -0.39 is 27.0 Å². The molecule has 0 bridgehead atoms. The summed E-state index contributed by atoms with van der Waals surface area (Å²) in [6.07, 6.45) is 1.57. The Morgan fingerprint density at radius 2 is 2.00 bits per heavy atom. The van der Waals surface area contributed by atoms with Crippen LogP contribution in [0.2, 0.25) is 10.0 Å². The van der Waals surface area contributed by atoms with Crippen LogP contribution in [0.5, 0.6) is 0 Å². The first-order valence-electron chi connectivity index (χ1n) is 5.76. The van der Waals surface area contributed by atoms with E-state index in [1.165, 1.54) is 12.1 Å². The smallest absolute Gasteiger partial charge is 0.246 e. The summed E-state index contributed by atoms with van der Waals surface area (Å²) in [7, 11) is -3.90. The highest BCUT2D eigenvalue weighted by molar-refractivity contribution is 7.89. The third-order valence-corrected chi connectivity index (χ3v) is 5.83. The van der Waals surface area contributed by atoms with Gasteiger partial charge in [0.2, 0.25) is 10.0 Å². The van der Waals surface area contributed by atoms with Gasteiger partial charge in [-0.3, -0.25) is 0 Å². The Balaban J connectivity index is 2.48. The fraction of sp³-hybridized carbons (Fsp3) is 0.455. The van der Waals surface area contributed by atoms with Crippen LogP contribution in [0.4, 0.5) is 4.39 Å². The molecule has 1 aromatic rings. The van der Waals surface area contributed by atoms with Crippen molar-refractivity contribution in [3.05, 3.63) is 28.0 Å². The average Bonchev–Trinajstić information content (AvgIpc) is 2.36. The molecular formula is C11H13Cl2FN2O2S. The molecule has 1 aromatic carbocycles. The number of benzene rings is 1. The minimum absolute atomic E-state index is 0.216. The molecule has 0 spiro atoms. The van der Waals surface area contributed by atoms with Crippen LogP contribution in [0.25, 0.3) is 0 Å². The monoisotopic (exact) mass is 326 g/mol. The third kappa shape index (κ3) is 2.73. The maximum Gasteiger partial charge on any atom is 0.246 e. The summed E-state index contributed by atoms with van der Waals surface area (Å²) >= 11 is 11.3. The lowest BCUT2D eigenvalue weighted by atomic mass is 10.1. The lowest BCUT2D eigenvalue weighted by molar-refractivity contribution is 0.258. The van der Waals surface area contributed by atoms with Gasteiger partial charge in [0.25, 0.3) is 0 Å². The number of nitrogens with zero attached hydrogens (tertiary/aromatic N) is 1. The van der Waals surface area contributed by atoms with Crippen molar-refractivity contribution in [1.29, 1.82) is 0 Å². The fourth-order valence-corrected chi connectivity index (χ4v) is 4.37. The van der Waals surface area contributed by atoms with E-state index in [1.54, 1.807) is 0 Å². The van der Waals surface area contributed by atoms with E-state index in [2.05, 4.69) is 0 Å². The SMILES string of the molecule is NC1CCCCN1S(=O)(=O)c1ccc(Cl)c(F)c1Cl. The van der Waals surface area contributed by atoms with Crippen LogP contribution in [0.1, 0.15) is 19.3 Å². The first kappa shape index (κ1) is 15.0. The number of sulfonamides is 1. The van der Waals surface area contributed by atoms with Crippen molar-refractivity contribution in [2.24, 2.45) is 5.73 Å². The van der Waals surface area contributed by atoms with E-state index >= 15 is 0 Å². The minimum atomic E-state index is -3.90. The molecule has 19 heavy (non-hydrogen) atoms. The number of hydrogen-bond acceptors (Lipinski definition) is 3. The summed E-state index contributed by atoms with van der Waals surface area (Å²) in [5.74, 6) is -0.935. The van der Waals surface area contributed by atoms with Crippen LogP contribution in [-0.4, -0.2) is 25.4 Å². The molecule has 1 aliphatic heterocycles. The molecule has 1 saturated heterocycles. The zero-order valence-electron chi connectivity index (χ0n) is 9.94. The Morgan fingerprint density at radius 1 is 1.32 bits per heavy atom. The molecule has 0 amide bonds. The summed E-state index contributed by atoms with van der Waals surface area (Å²) in [4.78, 5) is -0.298. The predicted octanol–water partition coefficient (Wildman–Crippen LogP) is 2.59. The van der Waals surface area contributed by atoms with Crippen molar-refractivity contribution < 1.29 is 12.8 Å². The lowest BCUT2D eigenvalue weighted by Crippen LogP contribution is -2.48. The van der Waals surface area contributed by atoms with Gasteiger partial charge in [0.15, 0.2) is 5.82 Å². The zero-order chi connectivity index (χ0) is 14.2. The Hall–Kier alpha value is -0.400. The van der Waals surface area contributed by atoms with E-state index in [-0.39, 0.29) is 9.92 Å². The van der Waals surface area contributed by atoms with Crippen molar-refractivity contribution in [3.63, 3.8) is 0 Å². The molecule has 0 saturated carbocycles. The van der Waals surface area contributed by atoms with Gasteiger partial charge in [0.1, 0.15) is 4.90 Å². The van der Waals surface area contributed by atoms with Gasteiger partial charge in [-0.2, -0.15) is 4.31 Å². The van der Waals surface area contributed by atoms with Gasteiger partial charge in [-0.1, -0.05) is 23.2 Å². The molecule has 1 aliphatic rings. The summed E-state index contributed by atoms with van der Waals surface area (Å²) in [6.45, 7) is 0.310. The first-order valence-corrected chi connectivity index (χ1v) is 7.96. The van der Waals surface area contributed by atoms with Gasteiger partial charge in [0.05, 0.1) is 16.2 Å². The fourth-order valence-electron chi connectivity index (χ4n) is 2.06. The van der Waals surface area contributed by atoms with Crippen LogP contribution in [0.15, 0.2) is 17.0 Å². The van der Waals surface area contributed by atoms with E-state index in [9.17, 15) is 12.8 Å². The largest absolute Gasteiger partial charge is 0.315 e. The number of nitrogens with two attached hydrogens (primary N) is 1. The molecule has 0 aromatic heterocycles. The molecular weight excluding hydrogens is 314 g/mol. The summed E-state index contributed by atoms with van der Waals surface area (Å²) < 4.78 is 39.6. The van der Waals surface area contributed by atoms with Gasteiger partial charge in [-0.15, -0.1) is 0 Å². The summed E-state index contributed by atoms with van der Waals surface area (Å²) in [5, 5.41) is -0.711. The summed E-state index contributed by atoms with van der Waals surface area (Å²) in [5.41, 5.74) is 5.80. The number of halogens is 3. The standard InChI is InChI=1S/C11H13Cl2FN2O2S/c12-7-4-5-8(10(13)11(7)14)19(17,18)16-6-2-1-3-9(16)15/h4-5,9H,1-3,6,15H2. The Bertz CT molecular complexity index is 595. The second-order valence-electron chi connectivity index (χ2n) is 4.35. The Kier molecular flexibility index (Phi) is 4.37. The van der Waals surface area contributed by atoms with Gasteiger partial charge in [-0.05, 0) is 31.4 Å². The van der Waals surface area contributed by atoms with Crippen molar-refractivity contribution in [2.45, 2.75) is 30.3 Å². The number of rotatable bonds is 2. The molecule has 1 fully saturated rings. The quantitative estimate of drug-likeness (QED) is 0.849. The highest BCUT2D eigenvalue weighted by Crippen LogP contribution is 2.32. The molecule has 4 nitrogen and oxygen atoms in total. The molecule has 2 rings (SSSR count). The number of hydrogen-bond donors (Lipinski definition) is 1. The summed E-state index contributed by atoms with van der Waals surface area (Å²) in [6, 6.07) is 2.37. The van der Waals surface area contributed by atoms with Crippen LogP contribution in [-0.2, 0) is 10.0 Å². The van der Waals surface area contributed by atoms with Gasteiger partial charge in [-0.25, -0.2) is 12.8 Å². The second kappa shape index (κ2) is 5.54. The Labute approximate surface area is 121 Å². The molecule has 1 atom stereocenters. The van der Waals surface area contributed by atoms with E-state index in [1.807, 2.05) is 0 Å². The van der Waals surface area contributed by atoms with Gasteiger partial charge >= 0.3 is 0 Å². The zero-order valence-corrected chi connectivity index (χ0v) is 12.3. The van der Waals surface area contributed by atoms with Gasteiger partial charge < -0.3 is 5.73 Å². The van der Waals surface area contributed by atoms with E-state index in [0.717, 1.165) is 17.1 Å².